The standard InChI is InChI=1S/C17H15F3N4O2S/c1-9(26-14-12(8-21)15(27-2)24-16(22)23-14)13(25)7-10-4-3-5-11(6-10)17(18,19)20/h3-6,9H,7H2,1-2H3,(H2,22,23,24)/t9-/m0/s1. The van der Waals surface area contributed by atoms with Crippen LogP contribution in [0.5, 0.6) is 5.88 Å². The second kappa shape index (κ2) is 8.26. The van der Waals surface area contributed by atoms with Crippen molar-refractivity contribution in [2.45, 2.75) is 30.7 Å². The maximum absolute atomic E-state index is 12.8. The molecule has 0 saturated carbocycles. The third-order valence-corrected chi connectivity index (χ3v) is 4.22. The fraction of sp³-hybridized carbons (Fsp3) is 0.294. The number of hydrogen-bond donors (Lipinski definition) is 1. The largest absolute Gasteiger partial charge is 0.466 e. The Hall–Kier alpha value is -2.80. The normalized spacial score (nSPS) is 12.3. The van der Waals surface area contributed by atoms with Gasteiger partial charge in [0.05, 0.1) is 5.56 Å². The number of nitrogen functional groups attached to an aromatic ring is 1. The van der Waals surface area contributed by atoms with Gasteiger partial charge in [-0.25, -0.2) is 4.98 Å². The summed E-state index contributed by atoms with van der Waals surface area (Å²) in [6, 6.07) is 6.41. The fourth-order valence-corrected chi connectivity index (χ4v) is 2.72. The molecule has 2 aromatic rings. The Labute approximate surface area is 157 Å². The number of anilines is 1. The highest BCUT2D eigenvalue weighted by Gasteiger charge is 2.30. The van der Waals surface area contributed by atoms with E-state index in [9.17, 15) is 23.2 Å². The van der Waals surface area contributed by atoms with Crippen LogP contribution in [0, 0.1) is 11.3 Å². The van der Waals surface area contributed by atoms with Crippen LogP contribution in [-0.2, 0) is 17.4 Å². The molecule has 0 amide bonds. The van der Waals surface area contributed by atoms with Crippen LogP contribution in [0.1, 0.15) is 23.6 Å². The lowest BCUT2D eigenvalue weighted by atomic mass is 10.0. The van der Waals surface area contributed by atoms with E-state index >= 15 is 0 Å². The molecular weight excluding hydrogens is 381 g/mol. The van der Waals surface area contributed by atoms with Gasteiger partial charge in [-0.15, -0.1) is 11.8 Å². The lowest BCUT2D eigenvalue weighted by Crippen LogP contribution is -2.26. The highest BCUT2D eigenvalue weighted by Crippen LogP contribution is 2.30. The molecular formula is C17H15F3N4O2S. The fourth-order valence-electron chi connectivity index (χ4n) is 2.20. The first-order valence-corrected chi connectivity index (χ1v) is 8.85. The summed E-state index contributed by atoms with van der Waals surface area (Å²) in [6.45, 7) is 1.42. The van der Waals surface area contributed by atoms with Gasteiger partial charge in [-0.3, -0.25) is 4.79 Å². The number of carbonyl (C=O) groups excluding carboxylic acids is 1. The summed E-state index contributed by atoms with van der Waals surface area (Å²) in [6.07, 6.45) is -4.11. The van der Waals surface area contributed by atoms with E-state index in [1.54, 1.807) is 6.26 Å². The highest BCUT2D eigenvalue weighted by atomic mass is 32.2. The van der Waals surface area contributed by atoms with E-state index in [0.29, 0.717) is 5.03 Å². The number of benzene rings is 1. The van der Waals surface area contributed by atoms with E-state index in [1.807, 2.05) is 6.07 Å². The molecule has 2 rings (SSSR count). The van der Waals surface area contributed by atoms with Crippen LogP contribution >= 0.6 is 11.8 Å². The van der Waals surface area contributed by atoms with Crippen LogP contribution in [-0.4, -0.2) is 28.1 Å². The second-order valence-electron chi connectivity index (χ2n) is 5.48. The molecule has 0 aliphatic carbocycles. The number of alkyl halides is 3. The summed E-state index contributed by atoms with van der Waals surface area (Å²) >= 11 is 1.17. The average Bonchev–Trinajstić information content (AvgIpc) is 2.60. The molecule has 1 aromatic carbocycles. The molecule has 0 fully saturated rings. The van der Waals surface area contributed by atoms with Crippen molar-refractivity contribution in [1.29, 1.82) is 5.26 Å². The smallest absolute Gasteiger partial charge is 0.416 e. The Bertz CT molecular complexity index is 897. The second-order valence-corrected chi connectivity index (χ2v) is 6.28. The predicted octanol–water partition coefficient (Wildman–Crippen LogP) is 3.25. The van der Waals surface area contributed by atoms with Crippen LogP contribution in [0.15, 0.2) is 29.3 Å². The zero-order valence-electron chi connectivity index (χ0n) is 14.4. The Morgan fingerprint density at radius 1 is 1.41 bits per heavy atom. The highest BCUT2D eigenvalue weighted by molar-refractivity contribution is 7.98. The van der Waals surface area contributed by atoms with Gasteiger partial charge in [0.25, 0.3) is 0 Å². The van der Waals surface area contributed by atoms with Crippen molar-refractivity contribution in [3.63, 3.8) is 0 Å². The SMILES string of the molecule is CSc1nc(N)nc(O[C@@H](C)C(=O)Cc2cccc(C(F)(F)F)c2)c1C#N. The minimum atomic E-state index is -4.49. The molecule has 0 bridgehead atoms. The first kappa shape index (κ1) is 20.5. The number of nitrogens with two attached hydrogens (primary N) is 1. The Balaban J connectivity index is 2.18. The number of ether oxygens (including phenoxy) is 1. The quantitative estimate of drug-likeness (QED) is 0.591. The van der Waals surface area contributed by atoms with E-state index in [-0.39, 0.29) is 29.4 Å². The van der Waals surface area contributed by atoms with Gasteiger partial charge in [-0.1, -0.05) is 18.2 Å². The molecule has 2 N–H and O–H groups in total. The van der Waals surface area contributed by atoms with Gasteiger partial charge in [0.2, 0.25) is 11.8 Å². The molecule has 0 saturated heterocycles. The van der Waals surface area contributed by atoms with E-state index in [1.165, 1.54) is 30.8 Å². The lowest BCUT2D eigenvalue weighted by Gasteiger charge is -2.15. The molecule has 1 aromatic heterocycles. The topological polar surface area (TPSA) is 102 Å². The van der Waals surface area contributed by atoms with Crippen molar-refractivity contribution < 1.29 is 22.7 Å². The van der Waals surface area contributed by atoms with Crippen molar-refractivity contribution in [2.75, 3.05) is 12.0 Å². The summed E-state index contributed by atoms with van der Waals surface area (Å²) in [4.78, 5) is 20.1. The summed E-state index contributed by atoms with van der Waals surface area (Å²) in [5, 5.41) is 9.56. The first-order valence-electron chi connectivity index (χ1n) is 7.62. The summed E-state index contributed by atoms with van der Waals surface area (Å²) in [5.41, 5.74) is 4.99. The minimum absolute atomic E-state index is 0.0374. The number of thioether (sulfide) groups is 1. The molecule has 6 nitrogen and oxygen atoms in total. The average molecular weight is 396 g/mol. The monoisotopic (exact) mass is 396 g/mol. The molecule has 27 heavy (non-hydrogen) atoms. The van der Waals surface area contributed by atoms with Crippen LogP contribution in [0.2, 0.25) is 0 Å². The van der Waals surface area contributed by atoms with E-state index in [4.69, 9.17) is 10.5 Å². The van der Waals surface area contributed by atoms with Crippen molar-refractivity contribution in [1.82, 2.24) is 9.97 Å². The van der Waals surface area contributed by atoms with Crippen LogP contribution in [0.4, 0.5) is 19.1 Å². The van der Waals surface area contributed by atoms with Crippen molar-refractivity contribution in [3.05, 3.63) is 41.0 Å². The Morgan fingerprint density at radius 2 is 2.11 bits per heavy atom. The molecule has 1 heterocycles. The third kappa shape index (κ3) is 5.10. The van der Waals surface area contributed by atoms with Crippen LogP contribution in [0.3, 0.4) is 0 Å². The summed E-state index contributed by atoms with van der Waals surface area (Å²) < 4.78 is 43.8. The molecule has 0 aliphatic rings. The molecule has 10 heteroatoms. The van der Waals surface area contributed by atoms with Gasteiger partial charge >= 0.3 is 6.18 Å². The van der Waals surface area contributed by atoms with Crippen molar-refractivity contribution >= 4 is 23.5 Å². The lowest BCUT2D eigenvalue weighted by molar-refractivity contribution is -0.137. The van der Waals surface area contributed by atoms with Gasteiger partial charge in [-0.05, 0) is 24.8 Å². The molecule has 142 valence electrons. The summed E-state index contributed by atoms with van der Waals surface area (Å²) in [7, 11) is 0. The number of hydrogen-bond acceptors (Lipinski definition) is 7. The van der Waals surface area contributed by atoms with E-state index in [0.717, 1.165) is 12.1 Å². The molecule has 0 spiro atoms. The number of carbonyl (C=O) groups is 1. The van der Waals surface area contributed by atoms with Gasteiger partial charge in [-0.2, -0.15) is 23.4 Å². The number of ketones is 1. The first-order chi connectivity index (χ1) is 12.7. The maximum atomic E-state index is 12.8. The van der Waals surface area contributed by atoms with Crippen molar-refractivity contribution in [3.8, 4) is 11.9 Å². The number of Topliss-reactive ketones (excluding diaryl/α,β-unsaturated/α-hetero) is 1. The van der Waals surface area contributed by atoms with Gasteiger partial charge in [0.1, 0.15) is 16.7 Å². The van der Waals surface area contributed by atoms with Crippen molar-refractivity contribution in [2.24, 2.45) is 0 Å². The number of nitriles is 1. The minimum Gasteiger partial charge on any atom is -0.466 e. The zero-order valence-corrected chi connectivity index (χ0v) is 15.2. The third-order valence-electron chi connectivity index (χ3n) is 3.54. The van der Waals surface area contributed by atoms with Gasteiger partial charge < -0.3 is 10.5 Å². The van der Waals surface area contributed by atoms with E-state index in [2.05, 4.69) is 9.97 Å². The molecule has 0 aliphatic heterocycles. The maximum Gasteiger partial charge on any atom is 0.416 e. The van der Waals surface area contributed by atoms with Gasteiger partial charge in [0, 0.05) is 6.42 Å². The number of nitrogens with zero attached hydrogens (tertiary/aromatic N) is 3. The Kier molecular flexibility index (Phi) is 6.28. The van der Waals surface area contributed by atoms with Crippen LogP contribution < -0.4 is 10.5 Å². The number of aromatic nitrogens is 2. The molecule has 1 atom stereocenters. The molecule has 0 unspecified atom stereocenters. The Morgan fingerprint density at radius 3 is 2.70 bits per heavy atom. The molecule has 0 radical (unpaired) electrons. The predicted molar refractivity (Wildman–Crippen MR) is 93.2 cm³/mol. The van der Waals surface area contributed by atoms with Crippen LogP contribution in [0.25, 0.3) is 0 Å². The zero-order chi connectivity index (χ0) is 20.2. The number of rotatable bonds is 6. The van der Waals surface area contributed by atoms with E-state index < -0.39 is 23.6 Å². The number of halogens is 3. The van der Waals surface area contributed by atoms with Gasteiger partial charge in [0.15, 0.2) is 11.9 Å². The summed E-state index contributed by atoms with van der Waals surface area (Å²) in [5.74, 6) is -0.730.